The van der Waals surface area contributed by atoms with Crippen LogP contribution in [0.2, 0.25) is 0 Å². The highest BCUT2D eigenvalue weighted by Gasteiger charge is 2.30. The Morgan fingerprint density at radius 3 is 2.72 bits per heavy atom. The van der Waals surface area contributed by atoms with Gasteiger partial charge >= 0.3 is 0 Å². The molecule has 1 unspecified atom stereocenters. The minimum absolute atomic E-state index is 0.225. The van der Waals surface area contributed by atoms with E-state index in [1.807, 2.05) is 24.4 Å². The molecule has 1 saturated heterocycles. The first-order valence-corrected chi connectivity index (χ1v) is 12.7. The predicted molar refractivity (Wildman–Crippen MR) is 142 cm³/mol. The summed E-state index contributed by atoms with van der Waals surface area (Å²) < 4.78 is 12.6. The zero-order valence-corrected chi connectivity index (χ0v) is 20.7. The van der Waals surface area contributed by atoms with Gasteiger partial charge in [-0.2, -0.15) is 5.10 Å². The molecule has 184 valence electrons. The van der Waals surface area contributed by atoms with Gasteiger partial charge in [-0.05, 0) is 65.9 Å². The van der Waals surface area contributed by atoms with E-state index in [1.54, 1.807) is 12.1 Å². The van der Waals surface area contributed by atoms with Crippen molar-refractivity contribution in [1.82, 2.24) is 15.1 Å². The van der Waals surface area contributed by atoms with Crippen molar-refractivity contribution in [2.24, 2.45) is 5.92 Å². The van der Waals surface area contributed by atoms with E-state index in [1.165, 1.54) is 19.5 Å². The van der Waals surface area contributed by atoms with Gasteiger partial charge in [0.2, 0.25) is 0 Å². The normalized spacial score (nSPS) is 18.1. The molecule has 0 bridgehead atoms. The molecule has 0 amide bonds. The van der Waals surface area contributed by atoms with Crippen LogP contribution in [-0.4, -0.2) is 46.4 Å². The molecule has 36 heavy (non-hydrogen) atoms. The summed E-state index contributed by atoms with van der Waals surface area (Å²) in [4.78, 5) is 2.45. The number of fused-ring (bicyclic) bond motifs is 2. The van der Waals surface area contributed by atoms with Crippen LogP contribution < -0.4 is 9.47 Å². The lowest BCUT2D eigenvalue weighted by molar-refractivity contribution is 0.0806. The maximum Gasteiger partial charge on any atom is 0.150 e. The number of nitrogens with zero attached hydrogens (tertiary/aromatic N) is 2. The number of H-pyrrole nitrogens is 1. The van der Waals surface area contributed by atoms with Crippen molar-refractivity contribution in [3.8, 4) is 17.2 Å². The summed E-state index contributed by atoms with van der Waals surface area (Å²) in [6, 6.07) is 19.8. The molecule has 0 aliphatic carbocycles. The van der Waals surface area contributed by atoms with Gasteiger partial charge in [0.1, 0.15) is 30.0 Å². The first-order chi connectivity index (χ1) is 17.6. The highest BCUT2D eigenvalue weighted by molar-refractivity contribution is 5.97. The Kier molecular flexibility index (Phi) is 5.89. The number of likely N-dealkylation sites (tertiary alicyclic amines) is 1. The number of ether oxygens (including phenoxy) is 2. The third-order valence-electron chi connectivity index (χ3n) is 7.50. The van der Waals surface area contributed by atoms with E-state index >= 15 is 0 Å². The molecule has 2 aliphatic heterocycles. The van der Waals surface area contributed by atoms with Crippen molar-refractivity contribution in [2.45, 2.75) is 26.4 Å². The van der Waals surface area contributed by atoms with Gasteiger partial charge < -0.3 is 14.6 Å². The zero-order valence-electron chi connectivity index (χ0n) is 20.7. The summed E-state index contributed by atoms with van der Waals surface area (Å²) in [7, 11) is 0. The number of allylic oxidation sites excluding steroid dienone is 1. The first kappa shape index (κ1) is 22.7. The minimum atomic E-state index is -0.288. The number of benzene rings is 3. The van der Waals surface area contributed by atoms with Crippen LogP contribution in [0.25, 0.3) is 22.0 Å². The molecule has 2 aliphatic rings. The number of hydrogen-bond donors (Lipinski definition) is 2. The summed E-state index contributed by atoms with van der Waals surface area (Å²) in [5.74, 6) is 2.72. The zero-order chi connectivity index (χ0) is 24.6. The number of aromatic hydroxyl groups is 1. The van der Waals surface area contributed by atoms with Crippen molar-refractivity contribution >= 4 is 22.0 Å². The molecule has 1 atom stereocenters. The minimum Gasteiger partial charge on any atom is -0.508 e. The van der Waals surface area contributed by atoms with Gasteiger partial charge in [0.25, 0.3) is 0 Å². The summed E-state index contributed by atoms with van der Waals surface area (Å²) in [5, 5.41) is 18.4. The van der Waals surface area contributed by atoms with Crippen molar-refractivity contribution in [2.75, 3.05) is 26.2 Å². The highest BCUT2D eigenvalue weighted by Crippen LogP contribution is 2.47. The summed E-state index contributed by atoms with van der Waals surface area (Å²) in [6.07, 6.45) is 2.80. The van der Waals surface area contributed by atoms with Crippen LogP contribution in [0.5, 0.6) is 17.2 Å². The van der Waals surface area contributed by atoms with Crippen LogP contribution in [0.15, 0.2) is 66.9 Å². The van der Waals surface area contributed by atoms with Crippen LogP contribution in [-0.2, 0) is 0 Å². The largest absolute Gasteiger partial charge is 0.508 e. The highest BCUT2D eigenvalue weighted by atomic mass is 16.5. The molecule has 0 radical (unpaired) electrons. The first-order valence-electron chi connectivity index (χ1n) is 12.7. The Morgan fingerprint density at radius 1 is 1.08 bits per heavy atom. The number of aromatic nitrogens is 2. The molecule has 3 aromatic carbocycles. The molecule has 1 aromatic heterocycles. The molecular formula is C30H31N3O3. The van der Waals surface area contributed by atoms with Gasteiger partial charge in [0.05, 0.1) is 11.7 Å². The van der Waals surface area contributed by atoms with E-state index in [9.17, 15) is 5.11 Å². The molecule has 0 spiro atoms. The predicted octanol–water partition coefficient (Wildman–Crippen LogP) is 6.05. The Balaban J connectivity index is 1.28. The van der Waals surface area contributed by atoms with Crippen LogP contribution in [0, 0.1) is 5.92 Å². The van der Waals surface area contributed by atoms with Crippen molar-refractivity contribution in [1.29, 1.82) is 0 Å². The molecule has 1 fully saturated rings. The van der Waals surface area contributed by atoms with E-state index in [2.05, 4.69) is 59.3 Å². The molecular weight excluding hydrogens is 450 g/mol. The van der Waals surface area contributed by atoms with Crippen LogP contribution in [0.3, 0.4) is 0 Å². The topological polar surface area (TPSA) is 70.6 Å². The fourth-order valence-electron chi connectivity index (χ4n) is 5.30. The lowest BCUT2D eigenvalue weighted by Crippen LogP contribution is -2.47. The van der Waals surface area contributed by atoms with Gasteiger partial charge in [-0.3, -0.25) is 10.00 Å². The van der Waals surface area contributed by atoms with Crippen LogP contribution in [0.1, 0.15) is 43.1 Å². The lowest BCUT2D eigenvalue weighted by atomic mass is 9.86. The third kappa shape index (κ3) is 4.22. The molecule has 6 rings (SSSR count). The maximum atomic E-state index is 10.1. The fraction of sp³-hybridized carbons (Fsp3) is 0.300. The van der Waals surface area contributed by atoms with Crippen LogP contribution >= 0.6 is 0 Å². The standard InChI is InChI=1S/C30H31N3O3/c1-3-20-17-33(18-20)12-13-35-25-9-6-21(7-10-25)30-29(22-4-5-23-16-31-32-27(23)14-22)19(2)26-15-24(34)8-11-28(26)36-30/h4-11,14-16,20,30,34H,3,12-13,17-18H2,1-2H3,(H,31,32). The summed E-state index contributed by atoms with van der Waals surface area (Å²) >= 11 is 0. The maximum absolute atomic E-state index is 10.1. The summed E-state index contributed by atoms with van der Waals surface area (Å²) in [5.41, 5.74) is 6.14. The van der Waals surface area contributed by atoms with E-state index < -0.39 is 0 Å². The lowest BCUT2D eigenvalue weighted by Gasteiger charge is -2.38. The fourth-order valence-corrected chi connectivity index (χ4v) is 5.30. The smallest absolute Gasteiger partial charge is 0.150 e. The van der Waals surface area contributed by atoms with Gasteiger partial charge in [0, 0.05) is 36.2 Å². The average molecular weight is 482 g/mol. The Bertz CT molecular complexity index is 1420. The SMILES string of the molecule is CCC1CN(CCOc2ccc(C3Oc4ccc(O)cc4C(C)=C3c3ccc4cn[nH]c4c3)cc2)C1. The van der Waals surface area contributed by atoms with E-state index in [-0.39, 0.29) is 11.9 Å². The van der Waals surface area contributed by atoms with Gasteiger partial charge in [-0.15, -0.1) is 0 Å². The quantitative estimate of drug-likeness (QED) is 0.336. The number of nitrogens with one attached hydrogen (secondary N) is 1. The number of hydrogen-bond acceptors (Lipinski definition) is 5. The molecule has 2 N–H and O–H groups in total. The van der Waals surface area contributed by atoms with Gasteiger partial charge in [-0.25, -0.2) is 0 Å². The van der Waals surface area contributed by atoms with E-state index in [4.69, 9.17) is 9.47 Å². The second kappa shape index (κ2) is 9.36. The van der Waals surface area contributed by atoms with E-state index in [0.29, 0.717) is 6.61 Å². The van der Waals surface area contributed by atoms with Crippen molar-refractivity contribution in [3.63, 3.8) is 0 Å². The van der Waals surface area contributed by atoms with Gasteiger partial charge in [-0.1, -0.05) is 37.6 Å². The number of aromatic amines is 1. The van der Waals surface area contributed by atoms with E-state index in [0.717, 1.165) is 62.7 Å². The second-order valence-electron chi connectivity index (χ2n) is 9.84. The molecule has 3 heterocycles. The van der Waals surface area contributed by atoms with Gasteiger partial charge in [0.15, 0.2) is 0 Å². The molecule has 6 nitrogen and oxygen atoms in total. The monoisotopic (exact) mass is 481 g/mol. The number of rotatable bonds is 7. The van der Waals surface area contributed by atoms with Crippen molar-refractivity contribution in [3.05, 3.63) is 83.6 Å². The second-order valence-corrected chi connectivity index (χ2v) is 9.84. The van der Waals surface area contributed by atoms with Crippen LogP contribution in [0.4, 0.5) is 0 Å². The molecule has 6 heteroatoms. The molecule has 0 saturated carbocycles. The number of phenols is 1. The van der Waals surface area contributed by atoms with Crippen molar-refractivity contribution < 1.29 is 14.6 Å². The Morgan fingerprint density at radius 2 is 1.92 bits per heavy atom. The number of phenolic OH excluding ortho intramolecular Hbond substituents is 1. The average Bonchev–Trinajstić information content (AvgIpc) is 3.34. The molecule has 4 aromatic rings. The Hall–Kier alpha value is -3.77. The third-order valence-corrected chi connectivity index (χ3v) is 7.50. The Labute approximate surface area is 211 Å². The summed E-state index contributed by atoms with van der Waals surface area (Å²) in [6.45, 7) is 8.40.